The Labute approximate surface area is 76.7 Å². The van der Waals surface area contributed by atoms with Crippen molar-refractivity contribution < 1.29 is 4.74 Å². The van der Waals surface area contributed by atoms with Crippen LogP contribution in [0, 0.1) is 0 Å². The fourth-order valence-corrected chi connectivity index (χ4v) is 1.13. The molecule has 0 saturated carbocycles. The molecule has 1 N–H and O–H groups in total. The van der Waals surface area contributed by atoms with Gasteiger partial charge in [0.2, 0.25) is 0 Å². The number of likely N-dealkylation sites (N-methyl/N-ethyl adjacent to an activating group) is 1. The van der Waals surface area contributed by atoms with Gasteiger partial charge >= 0.3 is 0 Å². The van der Waals surface area contributed by atoms with Crippen molar-refractivity contribution in [2.24, 2.45) is 0 Å². The smallest absolute Gasteiger partial charge is 0.0619 e. The zero-order chi connectivity index (χ0) is 9.23. The SMILES string of the molecule is CCCCOCC(CCC)NC. The quantitative estimate of drug-likeness (QED) is 0.568. The molecule has 0 amide bonds. The van der Waals surface area contributed by atoms with Crippen LogP contribution >= 0.6 is 0 Å². The molecule has 0 aromatic rings. The molecule has 0 spiro atoms. The number of hydrogen-bond donors (Lipinski definition) is 1. The average molecular weight is 173 g/mol. The fraction of sp³-hybridized carbons (Fsp3) is 1.00. The van der Waals surface area contributed by atoms with Crippen molar-refractivity contribution in [3.63, 3.8) is 0 Å². The van der Waals surface area contributed by atoms with E-state index in [2.05, 4.69) is 19.2 Å². The Morgan fingerprint density at radius 3 is 2.50 bits per heavy atom. The van der Waals surface area contributed by atoms with Gasteiger partial charge in [-0.15, -0.1) is 0 Å². The second-order valence-corrected chi connectivity index (χ2v) is 3.20. The molecule has 0 aromatic carbocycles. The van der Waals surface area contributed by atoms with Crippen molar-refractivity contribution >= 4 is 0 Å². The first-order valence-corrected chi connectivity index (χ1v) is 5.10. The summed E-state index contributed by atoms with van der Waals surface area (Å²) in [4.78, 5) is 0. The van der Waals surface area contributed by atoms with Gasteiger partial charge in [-0.3, -0.25) is 0 Å². The standard InChI is InChI=1S/C10H23NO/c1-4-6-8-12-9-10(11-3)7-5-2/h10-11H,4-9H2,1-3H3. The fourth-order valence-electron chi connectivity index (χ4n) is 1.13. The predicted molar refractivity (Wildman–Crippen MR) is 53.5 cm³/mol. The third kappa shape index (κ3) is 6.62. The maximum absolute atomic E-state index is 5.52. The van der Waals surface area contributed by atoms with E-state index in [9.17, 15) is 0 Å². The summed E-state index contributed by atoms with van der Waals surface area (Å²) >= 11 is 0. The number of ether oxygens (including phenoxy) is 1. The number of nitrogens with one attached hydrogen (secondary N) is 1. The summed E-state index contributed by atoms with van der Waals surface area (Å²) in [5.74, 6) is 0. The lowest BCUT2D eigenvalue weighted by molar-refractivity contribution is 0.108. The first kappa shape index (κ1) is 11.9. The zero-order valence-electron chi connectivity index (χ0n) is 8.73. The van der Waals surface area contributed by atoms with Gasteiger partial charge in [0.15, 0.2) is 0 Å². The van der Waals surface area contributed by atoms with Gasteiger partial charge < -0.3 is 10.1 Å². The lowest BCUT2D eigenvalue weighted by atomic mass is 10.2. The minimum absolute atomic E-state index is 0.548. The molecule has 0 aliphatic carbocycles. The second-order valence-electron chi connectivity index (χ2n) is 3.20. The minimum atomic E-state index is 0.548. The average Bonchev–Trinajstić information content (AvgIpc) is 2.10. The molecule has 12 heavy (non-hydrogen) atoms. The van der Waals surface area contributed by atoms with Crippen LogP contribution in [-0.4, -0.2) is 26.3 Å². The van der Waals surface area contributed by atoms with Gasteiger partial charge in [-0.2, -0.15) is 0 Å². The summed E-state index contributed by atoms with van der Waals surface area (Å²) in [5, 5.41) is 3.25. The molecule has 1 unspecified atom stereocenters. The summed E-state index contributed by atoms with van der Waals surface area (Å²) in [6.45, 7) is 6.17. The molecule has 2 heteroatoms. The number of rotatable bonds is 8. The van der Waals surface area contributed by atoms with Crippen LogP contribution < -0.4 is 5.32 Å². The van der Waals surface area contributed by atoms with E-state index in [1.807, 2.05) is 7.05 Å². The van der Waals surface area contributed by atoms with Crippen LogP contribution in [0.15, 0.2) is 0 Å². The van der Waals surface area contributed by atoms with Crippen LogP contribution in [0.2, 0.25) is 0 Å². The Morgan fingerprint density at radius 1 is 1.25 bits per heavy atom. The third-order valence-corrected chi connectivity index (χ3v) is 2.01. The van der Waals surface area contributed by atoms with Gasteiger partial charge in [0.1, 0.15) is 0 Å². The Balaban J connectivity index is 3.19. The zero-order valence-corrected chi connectivity index (χ0v) is 8.73. The molecule has 0 rings (SSSR count). The Hall–Kier alpha value is -0.0800. The Kier molecular flexibility index (Phi) is 8.95. The van der Waals surface area contributed by atoms with Crippen LogP contribution in [0.4, 0.5) is 0 Å². The molecule has 2 nitrogen and oxygen atoms in total. The first-order valence-electron chi connectivity index (χ1n) is 5.10. The summed E-state index contributed by atoms with van der Waals surface area (Å²) < 4.78 is 5.52. The minimum Gasteiger partial charge on any atom is -0.380 e. The highest BCUT2D eigenvalue weighted by Gasteiger charge is 2.03. The van der Waals surface area contributed by atoms with Crippen molar-refractivity contribution in [3.05, 3.63) is 0 Å². The summed E-state index contributed by atoms with van der Waals surface area (Å²) in [5.41, 5.74) is 0. The lowest BCUT2D eigenvalue weighted by Gasteiger charge is -2.14. The number of unbranched alkanes of at least 4 members (excludes halogenated alkanes) is 1. The van der Waals surface area contributed by atoms with Gasteiger partial charge in [-0.1, -0.05) is 26.7 Å². The van der Waals surface area contributed by atoms with Crippen LogP contribution in [0.25, 0.3) is 0 Å². The largest absolute Gasteiger partial charge is 0.380 e. The highest BCUT2D eigenvalue weighted by atomic mass is 16.5. The molecule has 0 fully saturated rings. The van der Waals surface area contributed by atoms with Gasteiger partial charge in [0.25, 0.3) is 0 Å². The maximum atomic E-state index is 5.52. The highest BCUT2D eigenvalue weighted by molar-refractivity contribution is 4.61. The first-order chi connectivity index (χ1) is 5.85. The van der Waals surface area contributed by atoms with E-state index in [0.717, 1.165) is 13.2 Å². The molecule has 74 valence electrons. The topological polar surface area (TPSA) is 21.3 Å². The maximum Gasteiger partial charge on any atom is 0.0619 e. The third-order valence-electron chi connectivity index (χ3n) is 2.01. The summed E-state index contributed by atoms with van der Waals surface area (Å²) in [6, 6.07) is 0.548. The van der Waals surface area contributed by atoms with Gasteiger partial charge in [-0.25, -0.2) is 0 Å². The van der Waals surface area contributed by atoms with Crippen molar-refractivity contribution in [1.29, 1.82) is 0 Å². The number of hydrogen-bond acceptors (Lipinski definition) is 2. The van der Waals surface area contributed by atoms with E-state index in [1.54, 1.807) is 0 Å². The van der Waals surface area contributed by atoms with E-state index < -0.39 is 0 Å². The van der Waals surface area contributed by atoms with Crippen molar-refractivity contribution in [3.8, 4) is 0 Å². The van der Waals surface area contributed by atoms with E-state index in [0.29, 0.717) is 6.04 Å². The summed E-state index contributed by atoms with van der Waals surface area (Å²) in [6.07, 6.45) is 4.84. The monoisotopic (exact) mass is 173 g/mol. The molecule has 0 heterocycles. The summed E-state index contributed by atoms with van der Waals surface area (Å²) in [7, 11) is 2.00. The molecular formula is C10H23NO. The van der Waals surface area contributed by atoms with E-state index >= 15 is 0 Å². The van der Waals surface area contributed by atoms with Gasteiger partial charge in [-0.05, 0) is 19.9 Å². The van der Waals surface area contributed by atoms with Crippen molar-refractivity contribution in [2.75, 3.05) is 20.3 Å². The van der Waals surface area contributed by atoms with Crippen LogP contribution in [-0.2, 0) is 4.74 Å². The molecule has 0 aliphatic rings. The van der Waals surface area contributed by atoms with Crippen LogP contribution in [0.5, 0.6) is 0 Å². The Morgan fingerprint density at radius 2 is 2.00 bits per heavy atom. The van der Waals surface area contributed by atoms with E-state index in [-0.39, 0.29) is 0 Å². The Bertz CT molecular complexity index is 85.9. The van der Waals surface area contributed by atoms with Crippen molar-refractivity contribution in [2.45, 2.75) is 45.6 Å². The van der Waals surface area contributed by atoms with Gasteiger partial charge in [0, 0.05) is 12.6 Å². The van der Waals surface area contributed by atoms with Gasteiger partial charge in [0.05, 0.1) is 6.61 Å². The second kappa shape index (κ2) is 9.01. The molecular weight excluding hydrogens is 150 g/mol. The molecule has 0 aromatic heterocycles. The molecule has 1 atom stereocenters. The molecule has 0 saturated heterocycles. The molecule has 0 bridgehead atoms. The van der Waals surface area contributed by atoms with E-state index in [4.69, 9.17) is 4.74 Å². The molecule has 0 aliphatic heterocycles. The predicted octanol–water partition coefficient (Wildman–Crippen LogP) is 2.19. The van der Waals surface area contributed by atoms with Crippen LogP contribution in [0.3, 0.4) is 0 Å². The lowest BCUT2D eigenvalue weighted by Crippen LogP contribution is -2.30. The van der Waals surface area contributed by atoms with E-state index in [1.165, 1.54) is 25.7 Å². The highest BCUT2D eigenvalue weighted by Crippen LogP contribution is 1.97. The molecule has 0 radical (unpaired) electrons. The van der Waals surface area contributed by atoms with Crippen molar-refractivity contribution in [1.82, 2.24) is 5.32 Å². The normalized spacial score (nSPS) is 13.2. The van der Waals surface area contributed by atoms with Crippen LogP contribution in [0.1, 0.15) is 39.5 Å².